The standard InChI is InChI=1S/C25H25FN2O5S/c1-16-4-5-17(2)21(14-16)23(29)11-13-25(30)27-19-8-12-24(33-3)22(15-19)28-34(31,32)20-9-6-18(26)7-10-20/h4-10,12,14-15,28H,11,13H2,1-3H3,(H,27,30). The Kier molecular flexibility index (Phi) is 7.68. The minimum atomic E-state index is -4.02. The van der Waals surface area contributed by atoms with E-state index in [9.17, 15) is 22.4 Å². The first-order chi connectivity index (χ1) is 16.1. The number of hydrogen-bond donors (Lipinski definition) is 2. The van der Waals surface area contributed by atoms with Gasteiger partial charge in [0, 0.05) is 24.1 Å². The summed E-state index contributed by atoms with van der Waals surface area (Å²) in [6.07, 6.45) is 0.00518. The summed E-state index contributed by atoms with van der Waals surface area (Å²) in [5.74, 6) is -0.846. The summed E-state index contributed by atoms with van der Waals surface area (Å²) in [5.41, 5.74) is 2.82. The number of amides is 1. The second-order valence-corrected chi connectivity index (χ2v) is 9.45. The monoisotopic (exact) mass is 484 g/mol. The Balaban J connectivity index is 1.70. The van der Waals surface area contributed by atoms with Gasteiger partial charge < -0.3 is 10.1 Å². The van der Waals surface area contributed by atoms with Crippen LogP contribution in [0.4, 0.5) is 15.8 Å². The highest BCUT2D eigenvalue weighted by Crippen LogP contribution is 2.30. The van der Waals surface area contributed by atoms with Crippen LogP contribution in [0, 0.1) is 19.7 Å². The van der Waals surface area contributed by atoms with E-state index < -0.39 is 21.7 Å². The van der Waals surface area contributed by atoms with Crippen LogP contribution >= 0.6 is 0 Å². The van der Waals surface area contributed by atoms with Gasteiger partial charge in [0.05, 0.1) is 17.7 Å². The second-order valence-electron chi connectivity index (χ2n) is 7.76. The summed E-state index contributed by atoms with van der Waals surface area (Å²) in [6.45, 7) is 3.74. The molecule has 7 nitrogen and oxygen atoms in total. The van der Waals surface area contributed by atoms with Crippen molar-refractivity contribution >= 4 is 33.1 Å². The molecule has 0 aliphatic rings. The summed E-state index contributed by atoms with van der Waals surface area (Å²) in [4.78, 5) is 24.8. The first-order valence-electron chi connectivity index (χ1n) is 10.5. The van der Waals surface area contributed by atoms with Gasteiger partial charge in [-0.1, -0.05) is 17.7 Å². The number of Topliss-reactive ketones (excluding diaryl/α,β-unsaturated/α-hetero) is 1. The molecular formula is C25H25FN2O5S. The molecule has 0 radical (unpaired) electrons. The van der Waals surface area contributed by atoms with E-state index in [4.69, 9.17) is 4.74 Å². The lowest BCUT2D eigenvalue weighted by Crippen LogP contribution is -2.16. The van der Waals surface area contributed by atoms with Crippen molar-refractivity contribution in [3.05, 3.63) is 83.2 Å². The molecule has 0 saturated heterocycles. The molecule has 9 heteroatoms. The number of rotatable bonds is 9. The molecular weight excluding hydrogens is 459 g/mol. The van der Waals surface area contributed by atoms with Crippen molar-refractivity contribution in [1.29, 1.82) is 0 Å². The molecule has 0 spiro atoms. The highest BCUT2D eigenvalue weighted by molar-refractivity contribution is 7.92. The smallest absolute Gasteiger partial charge is 0.262 e. The maximum atomic E-state index is 13.1. The number of hydrogen-bond acceptors (Lipinski definition) is 5. The first-order valence-corrected chi connectivity index (χ1v) is 11.9. The molecule has 0 saturated carbocycles. The van der Waals surface area contributed by atoms with Crippen LogP contribution in [0.5, 0.6) is 5.75 Å². The van der Waals surface area contributed by atoms with Crippen LogP contribution in [0.2, 0.25) is 0 Å². The largest absolute Gasteiger partial charge is 0.495 e. The SMILES string of the molecule is COc1ccc(NC(=O)CCC(=O)c2cc(C)ccc2C)cc1NS(=O)(=O)c1ccc(F)cc1. The van der Waals surface area contributed by atoms with Gasteiger partial charge in [-0.2, -0.15) is 0 Å². The van der Waals surface area contributed by atoms with E-state index in [0.29, 0.717) is 11.3 Å². The quantitative estimate of drug-likeness (QED) is 0.423. The van der Waals surface area contributed by atoms with Gasteiger partial charge in [0.2, 0.25) is 5.91 Å². The minimum absolute atomic E-state index is 0.0329. The molecule has 3 aromatic carbocycles. The van der Waals surface area contributed by atoms with Gasteiger partial charge in [-0.05, 0) is 67.9 Å². The number of methoxy groups -OCH3 is 1. The van der Waals surface area contributed by atoms with Crippen LogP contribution in [0.15, 0.2) is 65.6 Å². The Morgan fingerprint density at radius 3 is 2.32 bits per heavy atom. The number of ketones is 1. The van der Waals surface area contributed by atoms with Gasteiger partial charge in [-0.15, -0.1) is 0 Å². The number of halogens is 1. The van der Waals surface area contributed by atoms with Crippen molar-refractivity contribution in [2.75, 3.05) is 17.1 Å². The van der Waals surface area contributed by atoms with Crippen LogP contribution < -0.4 is 14.8 Å². The van der Waals surface area contributed by atoms with Crippen molar-refractivity contribution in [2.24, 2.45) is 0 Å². The van der Waals surface area contributed by atoms with Gasteiger partial charge in [-0.25, -0.2) is 12.8 Å². The number of sulfonamides is 1. The fourth-order valence-electron chi connectivity index (χ4n) is 3.30. The van der Waals surface area contributed by atoms with E-state index >= 15 is 0 Å². The highest BCUT2D eigenvalue weighted by Gasteiger charge is 2.18. The normalized spacial score (nSPS) is 11.1. The molecule has 3 aromatic rings. The molecule has 0 aliphatic heterocycles. The maximum Gasteiger partial charge on any atom is 0.262 e. The molecule has 178 valence electrons. The summed E-state index contributed by atoms with van der Waals surface area (Å²) in [7, 11) is -2.64. The molecule has 0 bridgehead atoms. The van der Waals surface area contributed by atoms with Gasteiger partial charge in [0.25, 0.3) is 10.0 Å². The molecule has 0 unspecified atom stereocenters. The molecule has 2 N–H and O–H groups in total. The zero-order valence-electron chi connectivity index (χ0n) is 19.0. The average molecular weight is 485 g/mol. The third-order valence-electron chi connectivity index (χ3n) is 5.12. The van der Waals surface area contributed by atoms with Crippen molar-refractivity contribution in [2.45, 2.75) is 31.6 Å². The lowest BCUT2D eigenvalue weighted by atomic mass is 9.99. The average Bonchev–Trinajstić information content (AvgIpc) is 2.79. The maximum absolute atomic E-state index is 13.1. The molecule has 1 amide bonds. The van der Waals surface area contributed by atoms with Crippen LogP contribution in [-0.4, -0.2) is 27.2 Å². The lowest BCUT2D eigenvalue weighted by molar-refractivity contribution is -0.116. The van der Waals surface area contributed by atoms with Crippen LogP contribution in [0.25, 0.3) is 0 Å². The molecule has 3 rings (SSSR count). The number of aryl methyl sites for hydroxylation is 2. The molecule has 34 heavy (non-hydrogen) atoms. The van der Waals surface area contributed by atoms with E-state index in [1.807, 2.05) is 26.0 Å². The fourth-order valence-corrected chi connectivity index (χ4v) is 4.37. The molecule has 0 heterocycles. The second kappa shape index (κ2) is 10.5. The van der Waals surface area contributed by atoms with Crippen LogP contribution in [0.1, 0.15) is 34.3 Å². The van der Waals surface area contributed by atoms with E-state index in [1.165, 1.54) is 19.2 Å². The predicted molar refractivity (Wildman–Crippen MR) is 128 cm³/mol. The van der Waals surface area contributed by atoms with Crippen molar-refractivity contribution < 1.29 is 27.1 Å². The minimum Gasteiger partial charge on any atom is -0.495 e. The Labute approximate surface area is 198 Å². The zero-order chi connectivity index (χ0) is 24.9. The van der Waals surface area contributed by atoms with Gasteiger partial charge in [0.15, 0.2) is 5.78 Å². The number of anilines is 2. The van der Waals surface area contributed by atoms with Gasteiger partial charge in [-0.3, -0.25) is 14.3 Å². The van der Waals surface area contributed by atoms with Crippen molar-refractivity contribution in [3.63, 3.8) is 0 Å². The van der Waals surface area contributed by atoms with E-state index in [-0.39, 0.29) is 35.0 Å². The van der Waals surface area contributed by atoms with Crippen LogP contribution in [-0.2, 0) is 14.8 Å². The Bertz CT molecular complexity index is 1320. The predicted octanol–water partition coefficient (Wildman–Crippen LogP) is 4.85. The number of carbonyl (C=O) groups excluding carboxylic acids is 2. The number of benzene rings is 3. The number of nitrogens with one attached hydrogen (secondary N) is 2. The third kappa shape index (κ3) is 6.20. The van der Waals surface area contributed by atoms with Crippen LogP contribution in [0.3, 0.4) is 0 Å². The summed E-state index contributed by atoms with van der Waals surface area (Å²) in [6, 6.07) is 14.4. The lowest BCUT2D eigenvalue weighted by Gasteiger charge is -2.14. The molecule has 0 fully saturated rings. The summed E-state index contributed by atoms with van der Waals surface area (Å²) < 4.78 is 46.1. The molecule has 0 aliphatic carbocycles. The summed E-state index contributed by atoms with van der Waals surface area (Å²) in [5, 5.41) is 2.67. The van der Waals surface area contributed by atoms with E-state index in [2.05, 4.69) is 10.0 Å². The fraction of sp³-hybridized carbons (Fsp3) is 0.200. The van der Waals surface area contributed by atoms with Gasteiger partial charge in [0.1, 0.15) is 11.6 Å². The highest BCUT2D eigenvalue weighted by atomic mass is 32.2. The van der Waals surface area contributed by atoms with Crippen molar-refractivity contribution in [1.82, 2.24) is 0 Å². The number of ether oxygens (including phenoxy) is 1. The third-order valence-corrected chi connectivity index (χ3v) is 6.51. The van der Waals surface area contributed by atoms with Crippen molar-refractivity contribution in [3.8, 4) is 5.75 Å². The number of carbonyl (C=O) groups is 2. The molecule has 0 atom stereocenters. The van der Waals surface area contributed by atoms with E-state index in [1.54, 1.807) is 12.1 Å². The zero-order valence-corrected chi connectivity index (χ0v) is 19.8. The first kappa shape index (κ1) is 24.9. The Morgan fingerprint density at radius 1 is 0.941 bits per heavy atom. The Morgan fingerprint density at radius 2 is 1.65 bits per heavy atom. The van der Waals surface area contributed by atoms with E-state index in [0.717, 1.165) is 35.4 Å². The summed E-state index contributed by atoms with van der Waals surface area (Å²) >= 11 is 0. The topological polar surface area (TPSA) is 102 Å². The van der Waals surface area contributed by atoms with Gasteiger partial charge >= 0.3 is 0 Å². The molecule has 0 aromatic heterocycles. The Hall–Kier alpha value is -3.72.